The van der Waals surface area contributed by atoms with Gasteiger partial charge in [0.05, 0.1) is 0 Å². The minimum absolute atomic E-state index is 0.0533. The zero-order chi connectivity index (χ0) is 13.7. The van der Waals surface area contributed by atoms with Crippen molar-refractivity contribution in [2.45, 2.75) is 32.4 Å². The van der Waals surface area contributed by atoms with Crippen LogP contribution in [0.25, 0.3) is 0 Å². The van der Waals surface area contributed by atoms with Gasteiger partial charge in [0.1, 0.15) is 6.61 Å². The Hall–Kier alpha value is -1.55. The van der Waals surface area contributed by atoms with E-state index in [4.69, 9.17) is 4.74 Å². The lowest BCUT2D eigenvalue weighted by atomic mass is 10.1. The predicted molar refractivity (Wildman–Crippen MR) is 74.9 cm³/mol. The zero-order valence-corrected chi connectivity index (χ0v) is 11.7. The number of nitrogens with one attached hydrogen (secondary N) is 1. The molecule has 1 amide bonds. The second kappa shape index (κ2) is 6.06. The maximum Gasteiger partial charge on any atom is 0.410 e. The lowest BCUT2D eigenvalue weighted by Gasteiger charge is -2.29. The standard InChI is InChI=1S/C15H22N2O2/c1-15(2)12-17(10-6-9-16-15)14(18)19-11-13-7-4-3-5-8-13/h3-5,7-8,16H,6,9-12H2,1-2H3. The van der Waals surface area contributed by atoms with Crippen LogP contribution in [-0.2, 0) is 11.3 Å². The highest BCUT2D eigenvalue weighted by Crippen LogP contribution is 2.12. The second-order valence-corrected chi connectivity index (χ2v) is 5.63. The number of rotatable bonds is 2. The number of amides is 1. The summed E-state index contributed by atoms with van der Waals surface area (Å²) in [5.74, 6) is 0. The Morgan fingerprint density at radius 2 is 2.11 bits per heavy atom. The van der Waals surface area contributed by atoms with Gasteiger partial charge in [-0.25, -0.2) is 4.79 Å². The third-order valence-electron chi connectivity index (χ3n) is 3.26. The first-order chi connectivity index (χ1) is 9.07. The Kier molecular flexibility index (Phi) is 4.43. The summed E-state index contributed by atoms with van der Waals surface area (Å²) >= 11 is 0. The summed E-state index contributed by atoms with van der Waals surface area (Å²) in [6.07, 6.45) is 0.741. The van der Waals surface area contributed by atoms with E-state index in [0.29, 0.717) is 13.2 Å². The molecule has 0 spiro atoms. The van der Waals surface area contributed by atoms with Crippen LogP contribution in [0.5, 0.6) is 0 Å². The van der Waals surface area contributed by atoms with Crippen molar-refractivity contribution in [3.63, 3.8) is 0 Å². The highest BCUT2D eigenvalue weighted by molar-refractivity contribution is 5.67. The normalized spacial score (nSPS) is 18.7. The van der Waals surface area contributed by atoms with Crippen molar-refractivity contribution in [2.24, 2.45) is 0 Å². The Morgan fingerprint density at radius 1 is 1.37 bits per heavy atom. The van der Waals surface area contributed by atoms with Gasteiger partial charge in [0.2, 0.25) is 0 Å². The number of hydrogen-bond donors (Lipinski definition) is 1. The van der Waals surface area contributed by atoms with Gasteiger partial charge in [0.15, 0.2) is 0 Å². The highest BCUT2D eigenvalue weighted by Gasteiger charge is 2.27. The molecule has 4 heteroatoms. The van der Waals surface area contributed by atoms with Crippen LogP contribution in [0, 0.1) is 0 Å². The maximum atomic E-state index is 12.1. The molecule has 0 bridgehead atoms. The average Bonchev–Trinajstić information content (AvgIpc) is 2.58. The molecule has 0 aliphatic carbocycles. The molecular formula is C15H22N2O2. The molecule has 2 rings (SSSR count). The third-order valence-corrected chi connectivity index (χ3v) is 3.26. The number of benzene rings is 1. The van der Waals surface area contributed by atoms with Gasteiger partial charge >= 0.3 is 6.09 Å². The number of carbonyl (C=O) groups excluding carboxylic acids is 1. The van der Waals surface area contributed by atoms with E-state index in [1.54, 1.807) is 4.90 Å². The first-order valence-corrected chi connectivity index (χ1v) is 6.77. The van der Waals surface area contributed by atoms with E-state index >= 15 is 0 Å². The lowest BCUT2D eigenvalue weighted by Crippen LogP contribution is -2.48. The lowest BCUT2D eigenvalue weighted by molar-refractivity contribution is 0.0912. The van der Waals surface area contributed by atoms with E-state index < -0.39 is 0 Å². The van der Waals surface area contributed by atoms with E-state index in [-0.39, 0.29) is 11.6 Å². The van der Waals surface area contributed by atoms with Crippen molar-refractivity contribution in [3.8, 4) is 0 Å². The van der Waals surface area contributed by atoms with Crippen molar-refractivity contribution >= 4 is 6.09 Å². The number of ether oxygens (including phenoxy) is 1. The molecule has 1 aliphatic rings. The van der Waals surface area contributed by atoms with E-state index in [9.17, 15) is 4.79 Å². The Bertz CT molecular complexity index is 417. The van der Waals surface area contributed by atoms with Gasteiger partial charge < -0.3 is 15.0 Å². The minimum Gasteiger partial charge on any atom is -0.445 e. The first-order valence-electron chi connectivity index (χ1n) is 6.77. The molecule has 1 aliphatic heterocycles. The zero-order valence-electron chi connectivity index (χ0n) is 11.7. The Balaban J connectivity index is 1.88. The number of hydrogen-bond acceptors (Lipinski definition) is 3. The number of nitrogens with zero attached hydrogens (tertiary/aromatic N) is 1. The van der Waals surface area contributed by atoms with Gasteiger partial charge in [-0.15, -0.1) is 0 Å². The van der Waals surface area contributed by atoms with Crippen molar-refractivity contribution in [1.82, 2.24) is 10.2 Å². The first kappa shape index (κ1) is 13.9. The molecule has 1 N–H and O–H groups in total. The maximum absolute atomic E-state index is 12.1. The van der Waals surface area contributed by atoms with Gasteiger partial charge in [-0.3, -0.25) is 0 Å². The summed E-state index contributed by atoms with van der Waals surface area (Å²) in [6.45, 7) is 6.93. The van der Waals surface area contributed by atoms with Crippen LogP contribution in [0.2, 0.25) is 0 Å². The summed E-state index contributed by atoms with van der Waals surface area (Å²) in [5, 5.41) is 3.43. The topological polar surface area (TPSA) is 41.6 Å². The molecular weight excluding hydrogens is 240 g/mol. The van der Waals surface area contributed by atoms with Crippen molar-refractivity contribution in [2.75, 3.05) is 19.6 Å². The van der Waals surface area contributed by atoms with Crippen LogP contribution in [0.15, 0.2) is 30.3 Å². The molecule has 1 fully saturated rings. The molecule has 4 nitrogen and oxygen atoms in total. The van der Waals surface area contributed by atoms with E-state index in [2.05, 4.69) is 19.2 Å². The minimum atomic E-state index is -0.222. The predicted octanol–water partition coefficient (Wildman–Crippen LogP) is 2.40. The SMILES string of the molecule is CC1(C)CN(C(=O)OCc2ccccc2)CCCN1. The molecule has 1 aromatic carbocycles. The monoisotopic (exact) mass is 262 g/mol. The van der Waals surface area contributed by atoms with Gasteiger partial charge in [0.25, 0.3) is 0 Å². The molecule has 0 radical (unpaired) electrons. The fraction of sp³-hybridized carbons (Fsp3) is 0.533. The van der Waals surface area contributed by atoms with Gasteiger partial charge in [-0.05, 0) is 32.4 Å². The molecule has 1 aromatic rings. The van der Waals surface area contributed by atoms with E-state index in [1.165, 1.54) is 0 Å². The molecule has 0 aromatic heterocycles. The third kappa shape index (κ3) is 4.24. The molecule has 0 unspecified atom stereocenters. The largest absolute Gasteiger partial charge is 0.445 e. The van der Waals surface area contributed by atoms with E-state index in [0.717, 1.165) is 25.1 Å². The van der Waals surface area contributed by atoms with Crippen LogP contribution >= 0.6 is 0 Å². The smallest absolute Gasteiger partial charge is 0.410 e. The molecule has 1 heterocycles. The summed E-state index contributed by atoms with van der Waals surface area (Å²) in [5.41, 5.74) is 0.963. The van der Waals surface area contributed by atoms with Crippen LogP contribution in [0.1, 0.15) is 25.8 Å². The fourth-order valence-electron chi connectivity index (χ4n) is 2.28. The van der Waals surface area contributed by atoms with Crippen molar-refractivity contribution < 1.29 is 9.53 Å². The second-order valence-electron chi connectivity index (χ2n) is 5.63. The summed E-state index contributed by atoms with van der Waals surface area (Å²) in [6, 6.07) is 9.76. The van der Waals surface area contributed by atoms with Crippen LogP contribution in [0.4, 0.5) is 4.79 Å². The number of carbonyl (C=O) groups is 1. The van der Waals surface area contributed by atoms with Gasteiger partial charge in [-0.2, -0.15) is 0 Å². The Labute approximate surface area is 114 Å². The Morgan fingerprint density at radius 3 is 2.84 bits per heavy atom. The molecule has 19 heavy (non-hydrogen) atoms. The molecule has 0 saturated carbocycles. The van der Waals surface area contributed by atoms with Crippen molar-refractivity contribution in [3.05, 3.63) is 35.9 Å². The van der Waals surface area contributed by atoms with Crippen LogP contribution in [0.3, 0.4) is 0 Å². The molecule has 0 atom stereocenters. The highest BCUT2D eigenvalue weighted by atomic mass is 16.6. The molecule has 104 valence electrons. The summed E-state index contributed by atoms with van der Waals surface area (Å²) in [7, 11) is 0. The van der Waals surface area contributed by atoms with Crippen LogP contribution < -0.4 is 5.32 Å². The van der Waals surface area contributed by atoms with E-state index in [1.807, 2.05) is 30.3 Å². The fourth-order valence-corrected chi connectivity index (χ4v) is 2.28. The van der Waals surface area contributed by atoms with Gasteiger partial charge in [0, 0.05) is 18.6 Å². The summed E-state index contributed by atoms with van der Waals surface area (Å²) in [4.78, 5) is 13.9. The summed E-state index contributed by atoms with van der Waals surface area (Å²) < 4.78 is 5.38. The van der Waals surface area contributed by atoms with Gasteiger partial charge in [-0.1, -0.05) is 30.3 Å². The van der Waals surface area contributed by atoms with Crippen molar-refractivity contribution in [1.29, 1.82) is 0 Å². The van der Waals surface area contributed by atoms with Crippen LogP contribution in [-0.4, -0.2) is 36.2 Å². The quantitative estimate of drug-likeness (QED) is 0.890. The molecule has 1 saturated heterocycles. The average molecular weight is 262 g/mol.